The van der Waals surface area contributed by atoms with Crippen LogP contribution >= 0.6 is 11.3 Å². The number of likely N-dealkylation sites (tertiary alicyclic amines) is 1. The zero-order valence-corrected chi connectivity index (χ0v) is 19.0. The predicted molar refractivity (Wildman–Crippen MR) is 125 cm³/mol. The van der Waals surface area contributed by atoms with Crippen molar-refractivity contribution in [3.63, 3.8) is 0 Å². The van der Waals surface area contributed by atoms with Gasteiger partial charge in [-0.1, -0.05) is 12.1 Å². The van der Waals surface area contributed by atoms with Gasteiger partial charge in [0.25, 0.3) is 0 Å². The summed E-state index contributed by atoms with van der Waals surface area (Å²) in [6, 6.07) is 12.1. The van der Waals surface area contributed by atoms with Crippen LogP contribution in [0.4, 0.5) is 0 Å². The second-order valence-corrected chi connectivity index (χ2v) is 8.59. The van der Waals surface area contributed by atoms with Crippen molar-refractivity contribution in [1.82, 2.24) is 15.2 Å². The van der Waals surface area contributed by atoms with Crippen molar-refractivity contribution >= 4 is 27.5 Å². The van der Waals surface area contributed by atoms with Crippen LogP contribution in [0.2, 0.25) is 0 Å². The fourth-order valence-corrected chi connectivity index (χ4v) is 4.68. The maximum absolute atomic E-state index is 6.04. The molecule has 2 aromatic heterocycles. The zero-order chi connectivity index (χ0) is 21.5. The first kappa shape index (κ1) is 21.8. The normalized spacial score (nSPS) is 15.7. The van der Waals surface area contributed by atoms with Gasteiger partial charge in [-0.3, -0.25) is 4.99 Å². The minimum absolute atomic E-state index is 0.327. The number of nitrogens with one attached hydrogen (secondary N) is 1. The van der Waals surface area contributed by atoms with Gasteiger partial charge in [0.15, 0.2) is 16.7 Å². The molecule has 0 spiro atoms. The van der Waals surface area contributed by atoms with Crippen molar-refractivity contribution in [2.75, 3.05) is 40.5 Å². The minimum Gasteiger partial charge on any atom is -0.457 e. The van der Waals surface area contributed by atoms with E-state index in [1.54, 1.807) is 18.4 Å². The van der Waals surface area contributed by atoms with Crippen LogP contribution in [-0.2, 0) is 16.0 Å². The number of fused-ring (bicyclic) bond motifs is 1. The molecule has 0 amide bonds. The van der Waals surface area contributed by atoms with Gasteiger partial charge in [-0.2, -0.15) is 0 Å². The summed E-state index contributed by atoms with van der Waals surface area (Å²) in [5, 5.41) is 4.34. The lowest BCUT2D eigenvalue weighted by atomic mass is 10.1. The smallest absolute Gasteiger partial charge is 0.194 e. The van der Waals surface area contributed by atoms with Gasteiger partial charge in [-0.05, 0) is 43.5 Å². The van der Waals surface area contributed by atoms with E-state index in [0.717, 1.165) is 73.6 Å². The van der Waals surface area contributed by atoms with E-state index in [1.165, 1.54) is 4.70 Å². The van der Waals surface area contributed by atoms with Crippen molar-refractivity contribution in [3.8, 4) is 10.8 Å². The molecular formula is C23H30N4O3S. The largest absolute Gasteiger partial charge is 0.457 e. The molecule has 8 heteroatoms. The number of hydrogen-bond acceptors (Lipinski definition) is 6. The van der Waals surface area contributed by atoms with Crippen molar-refractivity contribution in [3.05, 3.63) is 42.2 Å². The molecule has 0 unspecified atom stereocenters. The summed E-state index contributed by atoms with van der Waals surface area (Å²) in [6.07, 6.45) is 3.29. The Morgan fingerprint density at radius 2 is 2.06 bits per heavy atom. The quantitative estimate of drug-likeness (QED) is 0.321. The van der Waals surface area contributed by atoms with Gasteiger partial charge >= 0.3 is 0 Å². The molecule has 1 saturated heterocycles. The summed E-state index contributed by atoms with van der Waals surface area (Å²) in [7, 11) is 3.55. The lowest BCUT2D eigenvalue weighted by Gasteiger charge is -2.34. The number of thiazole rings is 1. The number of ether oxygens (including phenoxy) is 2. The highest BCUT2D eigenvalue weighted by Gasteiger charge is 2.22. The van der Waals surface area contributed by atoms with E-state index in [4.69, 9.17) is 13.9 Å². The van der Waals surface area contributed by atoms with Gasteiger partial charge in [0.1, 0.15) is 5.76 Å². The average Bonchev–Trinajstić information content (AvgIpc) is 3.45. The third-order valence-corrected chi connectivity index (χ3v) is 6.44. The Bertz CT molecular complexity index is 959. The lowest BCUT2D eigenvalue weighted by Crippen LogP contribution is -2.46. The number of nitrogens with zero attached hydrogens (tertiary/aromatic N) is 3. The van der Waals surface area contributed by atoms with Crippen LogP contribution in [0.15, 0.2) is 45.8 Å². The Labute approximate surface area is 187 Å². The number of rotatable bonds is 8. The monoisotopic (exact) mass is 442 g/mol. The minimum atomic E-state index is 0.327. The molecule has 1 aromatic carbocycles. The van der Waals surface area contributed by atoms with Gasteiger partial charge < -0.3 is 24.1 Å². The van der Waals surface area contributed by atoms with Gasteiger partial charge in [-0.25, -0.2) is 4.98 Å². The summed E-state index contributed by atoms with van der Waals surface area (Å²) in [4.78, 5) is 11.4. The van der Waals surface area contributed by atoms with E-state index in [0.29, 0.717) is 12.6 Å². The van der Waals surface area contributed by atoms with E-state index < -0.39 is 0 Å². The third-order valence-electron chi connectivity index (χ3n) is 5.39. The maximum atomic E-state index is 6.04. The first-order valence-corrected chi connectivity index (χ1v) is 11.6. The molecule has 1 aliphatic rings. The van der Waals surface area contributed by atoms with Crippen LogP contribution in [0, 0.1) is 0 Å². The number of para-hydroxylation sites is 1. The van der Waals surface area contributed by atoms with Gasteiger partial charge in [0.2, 0.25) is 0 Å². The first-order valence-electron chi connectivity index (χ1n) is 10.8. The van der Waals surface area contributed by atoms with Crippen LogP contribution in [0.3, 0.4) is 0 Å². The van der Waals surface area contributed by atoms with E-state index in [2.05, 4.69) is 26.3 Å². The Hall–Kier alpha value is -2.42. The van der Waals surface area contributed by atoms with Crippen molar-refractivity contribution in [1.29, 1.82) is 0 Å². The molecule has 0 bridgehead atoms. The van der Waals surface area contributed by atoms with Gasteiger partial charge in [0, 0.05) is 40.5 Å². The standard InChI is InChI=1S/C23H30N4O3S/c1-24-23(27-12-10-17(11-13-27)29-15-5-14-28-2)25-16-18-8-9-20(30-18)22-26-19-6-3-4-7-21(19)31-22/h3-4,6-9,17H,5,10-16H2,1-2H3,(H,24,25). The summed E-state index contributed by atoms with van der Waals surface area (Å²) in [5.41, 5.74) is 1.00. The number of hydrogen-bond donors (Lipinski definition) is 1. The molecule has 0 saturated carbocycles. The molecule has 0 radical (unpaired) electrons. The molecule has 1 aliphatic heterocycles. The number of benzene rings is 1. The highest BCUT2D eigenvalue weighted by molar-refractivity contribution is 7.21. The number of methoxy groups -OCH3 is 1. The average molecular weight is 443 g/mol. The Morgan fingerprint density at radius 3 is 2.84 bits per heavy atom. The highest BCUT2D eigenvalue weighted by atomic mass is 32.1. The zero-order valence-electron chi connectivity index (χ0n) is 18.2. The fraction of sp³-hybridized carbons (Fsp3) is 0.478. The maximum Gasteiger partial charge on any atom is 0.194 e. The first-order chi connectivity index (χ1) is 15.3. The summed E-state index contributed by atoms with van der Waals surface area (Å²) in [5.74, 6) is 2.57. The number of aromatic nitrogens is 1. The van der Waals surface area contributed by atoms with Gasteiger partial charge in [-0.15, -0.1) is 11.3 Å². The second-order valence-electron chi connectivity index (χ2n) is 7.56. The van der Waals surface area contributed by atoms with Crippen LogP contribution in [0.25, 0.3) is 21.0 Å². The summed E-state index contributed by atoms with van der Waals surface area (Å²) >= 11 is 1.65. The highest BCUT2D eigenvalue weighted by Crippen LogP contribution is 2.31. The Morgan fingerprint density at radius 1 is 1.23 bits per heavy atom. The number of furan rings is 1. The van der Waals surface area contributed by atoms with Crippen LogP contribution in [0.5, 0.6) is 0 Å². The fourth-order valence-electron chi connectivity index (χ4n) is 3.75. The Kier molecular flexibility index (Phi) is 7.56. The van der Waals surface area contributed by atoms with Gasteiger partial charge in [0.05, 0.1) is 22.9 Å². The number of piperidine rings is 1. The van der Waals surface area contributed by atoms with Crippen molar-refractivity contribution in [2.45, 2.75) is 31.9 Å². The van der Waals surface area contributed by atoms with Crippen LogP contribution in [-0.4, -0.2) is 62.4 Å². The third kappa shape index (κ3) is 5.64. The Balaban J connectivity index is 1.27. The molecule has 31 heavy (non-hydrogen) atoms. The van der Waals surface area contributed by atoms with E-state index in [-0.39, 0.29) is 0 Å². The topological polar surface area (TPSA) is 72.1 Å². The number of aliphatic imine (C=N–C) groups is 1. The SMILES string of the molecule is CN=C(NCc1ccc(-c2nc3ccccc3s2)o1)N1CCC(OCCCOC)CC1. The molecule has 166 valence electrons. The predicted octanol–water partition coefficient (Wildman–Crippen LogP) is 4.15. The lowest BCUT2D eigenvalue weighted by molar-refractivity contribution is 0.00988. The number of guanidine groups is 1. The molecule has 0 aliphatic carbocycles. The van der Waals surface area contributed by atoms with Crippen LogP contribution in [0.1, 0.15) is 25.0 Å². The molecule has 3 aromatic rings. The summed E-state index contributed by atoms with van der Waals surface area (Å²) < 4.78 is 18.2. The van der Waals surface area contributed by atoms with Crippen LogP contribution < -0.4 is 5.32 Å². The summed E-state index contributed by atoms with van der Waals surface area (Å²) in [6.45, 7) is 3.97. The van der Waals surface area contributed by atoms with E-state index in [9.17, 15) is 0 Å². The van der Waals surface area contributed by atoms with E-state index >= 15 is 0 Å². The molecule has 3 heterocycles. The molecule has 1 N–H and O–H groups in total. The van der Waals surface area contributed by atoms with E-state index in [1.807, 2.05) is 37.4 Å². The second kappa shape index (κ2) is 10.7. The van der Waals surface area contributed by atoms with Crippen molar-refractivity contribution < 1.29 is 13.9 Å². The molecule has 0 atom stereocenters. The molecule has 7 nitrogen and oxygen atoms in total. The molecule has 1 fully saturated rings. The molecular weight excluding hydrogens is 412 g/mol. The van der Waals surface area contributed by atoms with Crippen molar-refractivity contribution in [2.24, 2.45) is 4.99 Å². The molecule has 4 rings (SSSR count).